The Labute approximate surface area is 133 Å². The van der Waals surface area contributed by atoms with Crippen LogP contribution in [0.2, 0.25) is 0 Å². The molecule has 1 aromatic carbocycles. The van der Waals surface area contributed by atoms with E-state index in [0.29, 0.717) is 21.5 Å². The fraction of sp³-hybridized carbons (Fsp3) is 0.267. The molecule has 2 aromatic rings. The van der Waals surface area contributed by atoms with Crippen LogP contribution < -0.4 is 9.62 Å². The van der Waals surface area contributed by atoms with Crippen LogP contribution in [0.3, 0.4) is 0 Å². The first-order chi connectivity index (χ1) is 10.5. The number of sulfonamides is 1. The van der Waals surface area contributed by atoms with Crippen molar-refractivity contribution in [2.45, 2.75) is 23.1 Å². The molecule has 0 atom stereocenters. The second-order valence-corrected chi connectivity index (χ2v) is 8.34. The van der Waals surface area contributed by atoms with Gasteiger partial charge in [-0.1, -0.05) is 6.07 Å². The second kappa shape index (κ2) is 5.73. The van der Waals surface area contributed by atoms with Gasteiger partial charge < -0.3 is 5.32 Å². The summed E-state index contributed by atoms with van der Waals surface area (Å²) in [6, 6.07) is 10.2. The van der Waals surface area contributed by atoms with Crippen molar-refractivity contribution in [3.05, 3.63) is 47.3 Å². The van der Waals surface area contributed by atoms with E-state index in [4.69, 9.17) is 0 Å². The summed E-state index contributed by atoms with van der Waals surface area (Å²) in [5.74, 6) is -0.113. The number of rotatable bonds is 5. The normalized spacial score (nSPS) is 14.6. The summed E-state index contributed by atoms with van der Waals surface area (Å²) in [5.41, 5.74) is 1.06. The lowest BCUT2D eigenvalue weighted by molar-refractivity contribution is 0.0951. The van der Waals surface area contributed by atoms with E-state index in [2.05, 4.69) is 5.32 Å². The quantitative estimate of drug-likeness (QED) is 0.912. The molecule has 3 rings (SSSR count). The van der Waals surface area contributed by atoms with Gasteiger partial charge in [0.2, 0.25) is 0 Å². The van der Waals surface area contributed by atoms with Crippen molar-refractivity contribution in [3.63, 3.8) is 0 Å². The maximum atomic E-state index is 12.4. The molecule has 1 saturated carbocycles. The molecular weight excluding hydrogens is 320 g/mol. The Morgan fingerprint density at radius 1 is 1.23 bits per heavy atom. The molecule has 1 heterocycles. The molecule has 1 aliphatic carbocycles. The third-order valence-electron chi connectivity index (χ3n) is 3.52. The highest BCUT2D eigenvalue weighted by Gasteiger charge is 2.25. The molecule has 22 heavy (non-hydrogen) atoms. The molecule has 7 heteroatoms. The van der Waals surface area contributed by atoms with Crippen LogP contribution in [-0.4, -0.2) is 27.4 Å². The maximum Gasteiger partial charge on any atom is 0.273 e. The van der Waals surface area contributed by atoms with E-state index in [-0.39, 0.29) is 5.91 Å². The number of hydrogen-bond acceptors (Lipinski definition) is 4. The fourth-order valence-corrected chi connectivity index (χ4v) is 4.36. The standard InChI is InChI=1S/C15H16N2O3S2/c1-17(22(19,20)14-3-2-10-21-14)13-8-4-11(5-9-13)15(18)16-12-6-7-12/h2-5,8-10,12H,6-7H2,1H3,(H,16,18). The van der Waals surface area contributed by atoms with Crippen molar-refractivity contribution in [2.75, 3.05) is 11.4 Å². The molecular formula is C15H16N2O3S2. The molecule has 0 saturated heterocycles. The van der Waals surface area contributed by atoms with Gasteiger partial charge in [-0.2, -0.15) is 0 Å². The van der Waals surface area contributed by atoms with Gasteiger partial charge in [0.15, 0.2) is 0 Å². The van der Waals surface area contributed by atoms with Crippen molar-refractivity contribution >= 4 is 33.0 Å². The Morgan fingerprint density at radius 2 is 1.91 bits per heavy atom. The monoisotopic (exact) mass is 336 g/mol. The average Bonchev–Trinajstić information content (AvgIpc) is 3.15. The smallest absolute Gasteiger partial charge is 0.273 e. The van der Waals surface area contributed by atoms with Crippen molar-refractivity contribution in [3.8, 4) is 0 Å². The van der Waals surface area contributed by atoms with Crippen molar-refractivity contribution < 1.29 is 13.2 Å². The fourth-order valence-electron chi connectivity index (χ4n) is 2.00. The largest absolute Gasteiger partial charge is 0.349 e. The first-order valence-corrected chi connectivity index (χ1v) is 9.24. The highest BCUT2D eigenvalue weighted by molar-refractivity contribution is 7.94. The first kappa shape index (κ1) is 15.1. The molecule has 116 valence electrons. The third kappa shape index (κ3) is 3.00. The van der Waals surface area contributed by atoms with Crippen LogP contribution in [0.25, 0.3) is 0 Å². The SMILES string of the molecule is CN(c1ccc(C(=O)NC2CC2)cc1)S(=O)(=O)c1cccs1. The van der Waals surface area contributed by atoms with Gasteiger partial charge in [0.05, 0.1) is 5.69 Å². The Hall–Kier alpha value is -1.86. The summed E-state index contributed by atoms with van der Waals surface area (Å²) in [6.07, 6.45) is 2.07. The van der Waals surface area contributed by atoms with E-state index in [0.717, 1.165) is 12.8 Å². The van der Waals surface area contributed by atoms with E-state index >= 15 is 0 Å². The molecule has 0 aliphatic heterocycles. The number of hydrogen-bond donors (Lipinski definition) is 1. The van der Waals surface area contributed by atoms with E-state index < -0.39 is 10.0 Å². The van der Waals surface area contributed by atoms with Crippen LogP contribution in [0.4, 0.5) is 5.69 Å². The highest BCUT2D eigenvalue weighted by atomic mass is 32.2. The van der Waals surface area contributed by atoms with Crippen LogP contribution in [0, 0.1) is 0 Å². The molecule has 0 unspecified atom stereocenters. The van der Waals surface area contributed by atoms with E-state index in [1.54, 1.807) is 41.8 Å². The van der Waals surface area contributed by atoms with Crippen molar-refractivity contribution in [1.82, 2.24) is 5.32 Å². The lowest BCUT2D eigenvalue weighted by Gasteiger charge is -2.18. The molecule has 1 fully saturated rings. The van der Waals surface area contributed by atoms with Crippen LogP contribution in [0.15, 0.2) is 46.0 Å². The number of carbonyl (C=O) groups is 1. The van der Waals surface area contributed by atoms with Crippen LogP contribution >= 0.6 is 11.3 Å². The summed E-state index contributed by atoms with van der Waals surface area (Å²) in [5, 5.41) is 4.63. The lowest BCUT2D eigenvalue weighted by Crippen LogP contribution is -2.27. The summed E-state index contributed by atoms with van der Waals surface area (Å²) < 4.78 is 26.4. The van der Waals surface area contributed by atoms with Gasteiger partial charge >= 0.3 is 0 Å². The predicted molar refractivity (Wildman–Crippen MR) is 86.8 cm³/mol. The van der Waals surface area contributed by atoms with Crippen molar-refractivity contribution in [1.29, 1.82) is 0 Å². The van der Waals surface area contributed by atoms with Gasteiger partial charge in [-0.3, -0.25) is 9.10 Å². The third-order valence-corrected chi connectivity index (χ3v) is 6.67. The van der Waals surface area contributed by atoms with Gasteiger partial charge in [-0.15, -0.1) is 11.3 Å². The number of amides is 1. The molecule has 1 aromatic heterocycles. The highest BCUT2D eigenvalue weighted by Crippen LogP contribution is 2.25. The number of thiophene rings is 1. The topological polar surface area (TPSA) is 66.5 Å². The van der Waals surface area contributed by atoms with Gasteiger partial charge in [0.25, 0.3) is 15.9 Å². The number of nitrogens with zero attached hydrogens (tertiary/aromatic N) is 1. The number of nitrogens with one attached hydrogen (secondary N) is 1. The summed E-state index contributed by atoms with van der Waals surface area (Å²) in [4.78, 5) is 11.9. The maximum absolute atomic E-state index is 12.4. The molecule has 1 N–H and O–H groups in total. The van der Waals surface area contributed by atoms with Gasteiger partial charge in [-0.25, -0.2) is 8.42 Å². The van der Waals surface area contributed by atoms with Crippen molar-refractivity contribution in [2.24, 2.45) is 0 Å². The van der Waals surface area contributed by atoms with Crippen LogP contribution in [-0.2, 0) is 10.0 Å². The molecule has 0 bridgehead atoms. The zero-order valence-corrected chi connectivity index (χ0v) is 13.7. The minimum absolute atomic E-state index is 0.113. The number of anilines is 1. The zero-order chi connectivity index (χ0) is 15.7. The van der Waals surface area contributed by atoms with E-state index in [1.807, 2.05) is 0 Å². The van der Waals surface area contributed by atoms with E-state index in [1.165, 1.54) is 22.7 Å². The Kier molecular flexibility index (Phi) is 3.92. The lowest BCUT2D eigenvalue weighted by atomic mass is 10.2. The van der Waals surface area contributed by atoms with E-state index in [9.17, 15) is 13.2 Å². The molecule has 0 radical (unpaired) electrons. The van der Waals surface area contributed by atoms with Gasteiger partial charge in [0.1, 0.15) is 4.21 Å². The summed E-state index contributed by atoms with van der Waals surface area (Å²) in [7, 11) is -2.03. The first-order valence-electron chi connectivity index (χ1n) is 6.92. The van der Waals surface area contributed by atoms with Gasteiger partial charge in [0, 0.05) is 18.7 Å². The number of benzene rings is 1. The van der Waals surface area contributed by atoms with Crippen LogP contribution in [0.1, 0.15) is 23.2 Å². The van der Waals surface area contributed by atoms with Gasteiger partial charge in [-0.05, 0) is 48.6 Å². The summed E-state index contributed by atoms with van der Waals surface area (Å²) in [6.45, 7) is 0. The molecule has 1 amide bonds. The zero-order valence-electron chi connectivity index (χ0n) is 12.0. The average molecular weight is 336 g/mol. The minimum Gasteiger partial charge on any atom is -0.349 e. The molecule has 1 aliphatic rings. The second-order valence-electron chi connectivity index (χ2n) is 5.20. The summed E-state index contributed by atoms with van der Waals surface area (Å²) >= 11 is 1.18. The Balaban J connectivity index is 1.78. The molecule has 5 nitrogen and oxygen atoms in total. The minimum atomic E-state index is -3.54. The molecule has 0 spiro atoms. The number of carbonyl (C=O) groups excluding carboxylic acids is 1. The van der Waals surface area contributed by atoms with Crippen LogP contribution in [0.5, 0.6) is 0 Å². The predicted octanol–water partition coefficient (Wildman–Crippen LogP) is 2.47. The Bertz CT molecular complexity index is 764. The Morgan fingerprint density at radius 3 is 2.45 bits per heavy atom.